The van der Waals surface area contributed by atoms with Crippen LogP contribution in [0, 0.1) is 6.92 Å². The van der Waals surface area contributed by atoms with E-state index in [1.807, 2.05) is 13.2 Å². The minimum atomic E-state index is 0. The molecule has 2 heterocycles. The van der Waals surface area contributed by atoms with Gasteiger partial charge in [-0.15, -0.1) is 35.3 Å². The van der Waals surface area contributed by atoms with E-state index in [-0.39, 0.29) is 24.0 Å². The number of halogens is 1. The lowest BCUT2D eigenvalue weighted by Crippen LogP contribution is -2.39. The molecule has 0 radical (unpaired) electrons. The summed E-state index contributed by atoms with van der Waals surface area (Å²) >= 11 is 1.80. The number of thiazole rings is 1. The first-order chi connectivity index (χ1) is 12.7. The summed E-state index contributed by atoms with van der Waals surface area (Å²) < 4.78 is 0. The first kappa shape index (κ1) is 21.7. The van der Waals surface area contributed by atoms with E-state index in [1.54, 1.807) is 11.3 Å². The van der Waals surface area contributed by atoms with Crippen molar-refractivity contribution in [1.29, 1.82) is 0 Å². The predicted octanol–water partition coefficient (Wildman–Crippen LogP) is 4.06. The highest BCUT2D eigenvalue weighted by Gasteiger charge is 2.06. The van der Waals surface area contributed by atoms with Gasteiger partial charge in [-0.1, -0.05) is 19.1 Å². The number of aliphatic imine (C=N–C) groups is 1. The van der Waals surface area contributed by atoms with Gasteiger partial charge in [0.2, 0.25) is 0 Å². The van der Waals surface area contributed by atoms with Crippen molar-refractivity contribution in [3.63, 3.8) is 0 Å². The molecule has 27 heavy (non-hydrogen) atoms. The van der Waals surface area contributed by atoms with E-state index < -0.39 is 0 Å². The van der Waals surface area contributed by atoms with Gasteiger partial charge >= 0.3 is 0 Å². The molecule has 3 aromatic rings. The summed E-state index contributed by atoms with van der Waals surface area (Å²) in [5, 5.41) is 9.29. The predicted molar refractivity (Wildman–Crippen MR) is 127 cm³/mol. The fraction of sp³-hybridized carbons (Fsp3) is 0.400. The van der Waals surface area contributed by atoms with Gasteiger partial charge in [0.05, 0.1) is 5.01 Å². The Morgan fingerprint density at radius 2 is 2.00 bits per heavy atom. The quantitative estimate of drug-likeness (QED) is 0.262. The minimum Gasteiger partial charge on any atom is -0.361 e. The Morgan fingerprint density at radius 3 is 2.70 bits per heavy atom. The largest absolute Gasteiger partial charge is 0.361 e. The van der Waals surface area contributed by atoms with Crippen molar-refractivity contribution in [2.75, 3.05) is 20.1 Å². The van der Waals surface area contributed by atoms with Crippen molar-refractivity contribution >= 4 is 52.2 Å². The molecule has 0 saturated carbocycles. The Balaban J connectivity index is 0.00000261. The Morgan fingerprint density at radius 1 is 1.22 bits per heavy atom. The van der Waals surface area contributed by atoms with E-state index in [2.05, 4.69) is 63.8 Å². The van der Waals surface area contributed by atoms with E-state index in [4.69, 9.17) is 0 Å². The number of nitrogens with zero attached hydrogens (tertiary/aromatic N) is 2. The smallest absolute Gasteiger partial charge is 0.191 e. The molecular formula is C20H28IN5S. The van der Waals surface area contributed by atoms with Crippen LogP contribution in [0.15, 0.2) is 35.6 Å². The monoisotopic (exact) mass is 497 g/mol. The van der Waals surface area contributed by atoms with Crippen LogP contribution in [0.3, 0.4) is 0 Å². The summed E-state index contributed by atoms with van der Waals surface area (Å²) in [6.45, 7) is 6.01. The summed E-state index contributed by atoms with van der Waals surface area (Å²) in [4.78, 5) is 13.5. The second-order valence-corrected chi connectivity index (χ2v) is 7.51. The summed E-state index contributed by atoms with van der Waals surface area (Å²) in [7, 11) is 1.81. The zero-order valence-electron chi connectivity index (χ0n) is 16.1. The first-order valence-electron chi connectivity index (χ1n) is 9.15. The van der Waals surface area contributed by atoms with Crippen LogP contribution >= 0.6 is 35.3 Å². The lowest BCUT2D eigenvalue weighted by atomic mass is 10.1. The maximum Gasteiger partial charge on any atom is 0.191 e. The normalized spacial score (nSPS) is 11.4. The van der Waals surface area contributed by atoms with Gasteiger partial charge in [0, 0.05) is 54.7 Å². The van der Waals surface area contributed by atoms with Gasteiger partial charge in [-0.3, -0.25) is 4.99 Å². The third-order valence-electron chi connectivity index (χ3n) is 4.49. The van der Waals surface area contributed by atoms with Gasteiger partial charge in [0.1, 0.15) is 0 Å². The van der Waals surface area contributed by atoms with Gasteiger partial charge in [0.15, 0.2) is 5.96 Å². The fourth-order valence-corrected chi connectivity index (χ4v) is 3.96. The molecule has 0 unspecified atom stereocenters. The molecule has 0 fully saturated rings. The van der Waals surface area contributed by atoms with E-state index in [1.165, 1.54) is 31.9 Å². The summed E-state index contributed by atoms with van der Waals surface area (Å²) in [5.74, 6) is 0.842. The second kappa shape index (κ2) is 10.7. The topological polar surface area (TPSA) is 65.1 Å². The number of guanidine groups is 1. The molecule has 3 N–H and O–H groups in total. The van der Waals surface area contributed by atoms with Crippen molar-refractivity contribution in [2.45, 2.75) is 33.1 Å². The Labute approximate surface area is 182 Å². The number of benzene rings is 1. The third-order valence-corrected chi connectivity index (χ3v) is 5.69. The van der Waals surface area contributed by atoms with E-state index >= 15 is 0 Å². The summed E-state index contributed by atoms with van der Waals surface area (Å²) in [6, 6.07) is 6.38. The molecule has 2 aromatic heterocycles. The molecule has 0 aliphatic carbocycles. The molecule has 1 aromatic carbocycles. The van der Waals surface area contributed by atoms with E-state index in [9.17, 15) is 0 Å². The van der Waals surface area contributed by atoms with Crippen LogP contribution in [-0.4, -0.2) is 36.1 Å². The number of rotatable bonds is 7. The highest BCUT2D eigenvalue weighted by atomic mass is 127. The Kier molecular flexibility index (Phi) is 8.56. The lowest BCUT2D eigenvalue weighted by Gasteiger charge is -2.11. The van der Waals surface area contributed by atoms with Gasteiger partial charge in [0.25, 0.3) is 0 Å². The molecule has 0 saturated heterocycles. The zero-order valence-corrected chi connectivity index (χ0v) is 19.3. The molecule has 0 spiro atoms. The Bertz CT molecular complexity index is 884. The van der Waals surface area contributed by atoms with Crippen molar-refractivity contribution < 1.29 is 0 Å². The van der Waals surface area contributed by atoms with Crippen molar-refractivity contribution in [1.82, 2.24) is 20.6 Å². The summed E-state index contributed by atoms with van der Waals surface area (Å²) in [6.07, 6.45) is 7.03. The average Bonchev–Trinajstić information content (AvgIpc) is 3.28. The van der Waals surface area contributed by atoms with Crippen LogP contribution in [0.1, 0.15) is 27.9 Å². The molecule has 5 nitrogen and oxygen atoms in total. The van der Waals surface area contributed by atoms with Crippen molar-refractivity contribution in [3.05, 3.63) is 51.6 Å². The van der Waals surface area contributed by atoms with E-state index in [0.29, 0.717) is 0 Å². The van der Waals surface area contributed by atoms with Crippen LogP contribution in [0.25, 0.3) is 10.9 Å². The molecule has 0 amide bonds. The van der Waals surface area contributed by atoms with E-state index in [0.717, 1.165) is 38.3 Å². The molecule has 146 valence electrons. The molecule has 0 aliphatic rings. The number of fused-ring (bicyclic) bond motifs is 1. The van der Waals surface area contributed by atoms with Crippen LogP contribution in [0.5, 0.6) is 0 Å². The lowest BCUT2D eigenvalue weighted by molar-refractivity contribution is 0.783. The standard InChI is InChI=1S/C20H27N5S.HI/c1-4-16-13-25-18(26-16)9-11-23-20(21-3)22-10-8-15-12-24-17-7-5-6-14(2)19(15)17;/h5-7,12-13,24H,4,8-11H2,1-3H3,(H2,21,22,23);1H. The zero-order chi connectivity index (χ0) is 18.4. The second-order valence-electron chi connectivity index (χ2n) is 6.31. The van der Waals surface area contributed by atoms with Crippen LogP contribution in [0.2, 0.25) is 0 Å². The number of aryl methyl sites for hydroxylation is 2. The van der Waals surface area contributed by atoms with Gasteiger partial charge in [-0.25, -0.2) is 4.98 Å². The fourth-order valence-electron chi connectivity index (χ4n) is 3.10. The molecule has 7 heteroatoms. The molecule has 0 aliphatic heterocycles. The van der Waals surface area contributed by atoms with Crippen LogP contribution in [-0.2, 0) is 19.3 Å². The van der Waals surface area contributed by atoms with Gasteiger partial charge in [-0.2, -0.15) is 0 Å². The molecule has 0 bridgehead atoms. The number of hydrogen-bond donors (Lipinski definition) is 3. The first-order valence-corrected chi connectivity index (χ1v) is 9.96. The molecule has 0 atom stereocenters. The Hall–Kier alpha value is -1.61. The average molecular weight is 497 g/mol. The SMILES string of the molecule is CCc1cnc(CCNC(=NC)NCCc2c[nH]c3cccc(C)c23)s1.I. The molecular weight excluding hydrogens is 469 g/mol. The number of hydrogen-bond acceptors (Lipinski definition) is 3. The number of aromatic amines is 1. The maximum absolute atomic E-state index is 4.46. The van der Waals surface area contributed by atoms with Crippen LogP contribution < -0.4 is 10.6 Å². The summed E-state index contributed by atoms with van der Waals surface area (Å²) in [5.41, 5.74) is 3.87. The number of aromatic nitrogens is 2. The highest BCUT2D eigenvalue weighted by molar-refractivity contribution is 14.0. The maximum atomic E-state index is 4.46. The highest BCUT2D eigenvalue weighted by Crippen LogP contribution is 2.22. The van der Waals surface area contributed by atoms with Gasteiger partial charge in [-0.05, 0) is 37.0 Å². The van der Waals surface area contributed by atoms with Crippen molar-refractivity contribution in [2.24, 2.45) is 4.99 Å². The van der Waals surface area contributed by atoms with Crippen LogP contribution in [0.4, 0.5) is 0 Å². The number of nitrogens with one attached hydrogen (secondary N) is 3. The number of H-pyrrole nitrogens is 1. The minimum absolute atomic E-state index is 0. The van der Waals surface area contributed by atoms with Crippen molar-refractivity contribution in [3.8, 4) is 0 Å². The van der Waals surface area contributed by atoms with Gasteiger partial charge < -0.3 is 15.6 Å². The third kappa shape index (κ3) is 5.68. The molecule has 3 rings (SSSR count).